The van der Waals surface area contributed by atoms with E-state index in [4.69, 9.17) is 0 Å². The number of benzene rings is 2. The van der Waals surface area contributed by atoms with Crippen LogP contribution in [0.15, 0.2) is 47.4 Å². The summed E-state index contributed by atoms with van der Waals surface area (Å²) in [7, 11) is -1.56. The molecule has 3 rings (SSSR count). The summed E-state index contributed by atoms with van der Waals surface area (Å²) in [5.41, 5.74) is 4.20. The monoisotopic (exact) mass is 400 g/mol. The standard InChI is InChI=1S/C23H32N2O2S/c1-6-19-7-9-20(10-8-19)25(16-17(2)3)28(26,27)21-11-12-23-22(15-21)18(4)13-14-24(23)5/h7-12,15,17-18H,6,13-14,16H2,1-5H3. The van der Waals surface area contributed by atoms with Crippen molar-refractivity contribution in [1.82, 2.24) is 0 Å². The third-order valence-corrected chi connectivity index (χ3v) is 7.38. The van der Waals surface area contributed by atoms with Gasteiger partial charge in [-0.3, -0.25) is 4.31 Å². The third kappa shape index (κ3) is 4.04. The Labute approximate surface area is 170 Å². The molecule has 1 aliphatic heterocycles. The van der Waals surface area contributed by atoms with Gasteiger partial charge < -0.3 is 4.90 Å². The van der Waals surface area contributed by atoms with E-state index in [1.54, 1.807) is 10.4 Å². The number of fused-ring (bicyclic) bond motifs is 1. The van der Waals surface area contributed by atoms with Crippen molar-refractivity contribution in [2.24, 2.45) is 5.92 Å². The molecule has 0 saturated carbocycles. The highest BCUT2D eigenvalue weighted by molar-refractivity contribution is 7.92. The molecule has 1 atom stereocenters. The summed E-state index contributed by atoms with van der Waals surface area (Å²) in [6, 6.07) is 13.5. The summed E-state index contributed by atoms with van der Waals surface area (Å²) in [4.78, 5) is 2.59. The normalized spacial score (nSPS) is 16.9. The van der Waals surface area contributed by atoms with E-state index in [0.29, 0.717) is 17.4 Å². The molecule has 0 amide bonds. The fraction of sp³-hybridized carbons (Fsp3) is 0.478. The van der Waals surface area contributed by atoms with Crippen molar-refractivity contribution >= 4 is 21.4 Å². The van der Waals surface area contributed by atoms with Gasteiger partial charge in [0.15, 0.2) is 0 Å². The molecule has 152 valence electrons. The van der Waals surface area contributed by atoms with Gasteiger partial charge in [-0.15, -0.1) is 0 Å². The summed E-state index contributed by atoms with van der Waals surface area (Å²) in [5, 5.41) is 0. The molecule has 0 spiro atoms. The van der Waals surface area contributed by atoms with Gasteiger partial charge in [-0.05, 0) is 66.1 Å². The number of rotatable bonds is 6. The molecular weight excluding hydrogens is 368 g/mol. The Morgan fingerprint density at radius 3 is 2.43 bits per heavy atom. The molecule has 0 aromatic heterocycles. The van der Waals surface area contributed by atoms with Crippen molar-refractivity contribution in [2.45, 2.75) is 51.3 Å². The number of nitrogens with zero attached hydrogens (tertiary/aromatic N) is 2. The van der Waals surface area contributed by atoms with Crippen molar-refractivity contribution in [3.8, 4) is 0 Å². The van der Waals surface area contributed by atoms with Gasteiger partial charge in [-0.1, -0.05) is 39.8 Å². The average molecular weight is 401 g/mol. The van der Waals surface area contributed by atoms with Crippen molar-refractivity contribution in [1.29, 1.82) is 0 Å². The maximum absolute atomic E-state index is 13.6. The van der Waals surface area contributed by atoms with E-state index in [1.165, 1.54) is 5.56 Å². The Kier molecular flexibility index (Phi) is 6.04. The molecule has 4 nitrogen and oxygen atoms in total. The molecule has 5 heteroatoms. The number of hydrogen-bond acceptors (Lipinski definition) is 3. The van der Waals surface area contributed by atoms with Crippen LogP contribution in [0.25, 0.3) is 0 Å². The van der Waals surface area contributed by atoms with Gasteiger partial charge >= 0.3 is 0 Å². The van der Waals surface area contributed by atoms with Crippen molar-refractivity contribution in [3.63, 3.8) is 0 Å². The van der Waals surface area contributed by atoms with Crippen LogP contribution in [0.2, 0.25) is 0 Å². The van der Waals surface area contributed by atoms with Crippen LogP contribution >= 0.6 is 0 Å². The average Bonchev–Trinajstić information content (AvgIpc) is 2.68. The van der Waals surface area contributed by atoms with E-state index in [-0.39, 0.29) is 5.92 Å². The Morgan fingerprint density at radius 1 is 1.14 bits per heavy atom. The van der Waals surface area contributed by atoms with E-state index in [9.17, 15) is 8.42 Å². The Balaban J connectivity index is 2.05. The Hall–Kier alpha value is -2.01. The molecule has 2 aromatic rings. The first-order valence-electron chi connectivity index (χ1n) is 10.2. The summed E-state index contributed by atoms with van der Waals surface area (Å²) in [6.45, 7) is 9.84. The highest BCUT2D eigenvalue weighted by Gasteiger charge is 2.28. The lowest BCUT2D eigenvalue weighted by atomic mass is 9.92. The molecule has 1 aliphatic rings. The zero-order valence-electron chi connectivity index (χ0n) is 17.6. The van der Waals surface area contributed by atoms with Crippen LogP contribution in [0, 0.1) is 5.92 Å². The van der Waals surface area contributed by atoms with Crippen molar-refractivity contribution < 1.29 is 8.42 Å². The second kappa shape index (κ2) is 8.16. The second-order valence-electron chi connectivity index (χ2n) is 8.28. The minimum absolute atomic E-state index is 0.225. The van der Waals surface area contributed by atoms with Gasteiger partial charge in [0.25, 0.3) is 10.0 Å². The summed E-state index contributed by atoms with van der Waals surface area (Å²) in [5.74, 6) is 0.590. The van der Waals surface area contributed by atoms with Gasteiger partial charge in [0, 0.05) is 25.8 Å². The van der Waals surface area contributed by atoms with E-state index in [2.05, 4.69) is 25.8 Å². The second-order valence-corrected chi connectivity index (χ2v) is 10.1. The number of anilines is 2. The predicted octanol–water partition coefficient (Wildman–Crippen LogP) is 5.04. The van der Waals surface area contributed by atoms with Crippen LogP contribution < -0.4 is 9.21 Å². The van der Waals surface area contributed by atoms with E-state index in [1.807, 2.05) is 50.2 Å². The lowest BCUT2D eigenvalue weighted by molar-refractivity contribution is 0.577. The van der Waals surface area contributed by atoms with E-state index < -0.39 is 10.0 Å². The SMILES string of the molecule is CCc1ccc(N(CC(C)C)S(=O)(=O)c2ccc3c(c2)C(C)CCN3C)cc1. The molecule has 1 unspecified atom stereocenters. The van der Waals surface area contributed by atoms with Crippen LogP contribution in [0.1, 0.15) is 51.2 Å². The van der Waals surface area contributed by atoms with Gasteiger partial charge in [0.05, 0.1) is 10.6 Å². The van der Waals surface area contributed by atoms with Gasteiger partial charge in [0.1, 0.15) is 0 Å². The lowest BCUT2D eigenvalue weighted by Gasteiger charge is -2.32. The Morgan fingerprint density at radius 2 is 1.82 bits per heavy atom. The summed E-state index contributed by atoms with van der Waals surface area (Å²) in [6.07, 6.45) is 1.98. The maximum Gasteiger partial charge on any atom is 0.264 e. The van der Waals surface area contributed by atoms with Gasteiger partial charge in [-0.2, -0.15) is 0 Å². The molecule has 0 saturated heterocycles. The summed E-state index contributed by atoms with van der Waals surface area (Å²) < 4.78 is 28.8. The number of sulfonamides is 1. The number of hydrogen-bond donors (Lipinski definition) is 0. The van der Waals surface area contributed by atoms with Crippen LogP contribution in [0.5, 0.6) is 0 Å². The molecule has 0 aliphatic carbocycles. The van der Waals surface area contributed by atoms with Crippen LogP contribution in [0.3, 0.4) is 0 Å². The van der Waals surface area contributed by atoms with Crippen LogP contribution in [-0.2, 0) is 16.4 Å². The quantitative estimate of drug-likeness (QED) is 0.682. The van der Waals surface area contributed by atoms with E-state index >= 15 is 0 Å². The number of aryl methyl sites for hydroxylation is 1. The molecule has 0 radical (unpaired) electrons. The molecule has 1 heterocycles. The lowest BCUT2D eigenvalue weighted by Crippen LogP contribution is -2.34. The molecule has 0 N–H and O–H groups in total. The van der Waals surface area contributed by atoms with Gasteiger partial charge in [-0.25, -0.2) is 8.42 Å². The molecule has 2 aromatic carbocycles. The van der Waals surface area contributed by atoms with Gasteiger partial charge in [0.2, 0.25) is 0 Å². The first-order valence-corrected chi connectivity index (χ1v) is 11.6. The smallest absolute Gasteiger partial charge is 0.264 e. The third-order valence-electron chi connectivity index (χ3n) is 5.59. The first-order chi connectivity index (χ1) is 13.2. The Bertz CT molecular complexity index is 920. The summed E-state index contributed by atoms with van der Waals surface area (Å²) >= 11 is 0. The van der Waals surface area contributed by atoms with Crippen molar-refractivity contribution in [2.75, 3.05) is 29.3 Å². The molecular formula is C23H32N2O2S. The zero-order chi connectivity index (χ0) is 20.5. The van der Waals surface area contributed by atoms with E-state index in [0.717, 1.165) is 36.3 Å². The largest absolute Gasteiger partial charge is 0.374 e. The first kappa shape index (κ1) is 20.7. The highest BCUT2D eigenvalue weighted by atomic mass is 32.2. The highest BCUT2D eigenvalue weighted by Crippen LogP contribution is 2.37. The van der Waals surface area contributed by atoms with Crippen LogP contribution in [-0.4, -0.2) is 28.6 Å². The topological polar surface area (TPSA) is 40.6 Å². The molecule has 28 heavy (non-hydrogen) atoms. The molecule has 0 bridgehead atoms. The predicted molar refractivity (Wildman–Crippen MR) is 118 cm³/mol. The van der Waals surface area contributed by atoms with Crippen molar-refractivity contribution in [3.05, 3.63) is 53.6 Å². The molecule has 0 fully saturated rings. The minimum atomic E-state index is -3.63. The fourth-order valence-electron chi connectivity index (χ4n) is 3.80. The minimum Gasteiger partial charge on any atom is -0.374 e. The fourth-order valence-corrected chi connectivity index (χ4v) is 5.46. The van der Waals surface area contributed by atoms with Crippen LogP contribution in [0.4, 0.5) is 11.4 Å². The zero-order valence-corrected chi connectivity index (χ0v) is 18.5. The maximum atomic E-state index is 13.6.